The number of carbonyl (C=O) groups excluding carboxylic acids is 1. The Morgan fingerprint density at radius 3 is 2.68 bits per heavy atom. The number of hydrogen-bond donors (Lipinski definition) is 1. The lowest BCUT2D eigenvalue weighted by Gasteiger charge is -2.29. The van der Waals surface area contributed by atoms with Crippen LogP contribution in [0, 0.1) is 5.41 Å². The van der Waals surface area contributed by atoms with E-state index >= 15 is 0 Å². The summed E-state index contributed by atoms with van der Waals surface area (Å²) in [5.41, 5.74) is 0.958. The third-order valence-corrected chi connectivity index (χ3v) is 4.13. The summed E-state index contributed by atoms with van der Waals surface area (Å²) in [6.07, 6.45) is 5.95. The molecule has 0 spiro atoms. The Morgan fingerprint density at radius 1 is 1.32 bits per heavy atom. The molecule has 0 bridgehead atoms. The quantitative estimate of drug-likeness (QED) is 0.645. The van der Waals surface area contributed by atoms with Crippen molar-refractivity contribution in [3.63, 3.8) is 0 Å². The summed E-state index contributed by atoms with van der Waals surface area (Å²) < 4.78 is 5.21. The molecular formula is C19H22O3. The average Bonchev–Trinajstić information content (AvgIpc) is 2.84. The molecule has 3 heteroatoms. The molecule has 1 aliphatic carbocycles. The molecule has 0 amide bonds. The van der Waals surface area contributed by atoms with Crippen molar-refractivity contribution in [1.29, 1.82) is 0 Å². The van der Waals surface area contributed by atoms with Gasteiger partial charge in [0.1, 0.15) is 12.0 Å². The topological polar surface area (TPSA) is 46.5 Å². The molecule has 1 saturated carbocycles. The number of hydrogen-bond acceptors (Lipinski definition) is 3. The van der Waals surface area contributed by atoms with Crippen molar-refractivity contribution >= 4 is 12.0 Å². The Labute approximate surface area is 131 Å². The first-order chi connectivity index (χ1) is 10.6. The third kappa shape index (κ3) is 3.20. The minimum atomic E-state index is -0.925. The van der Waals surface area contributed by atoms with E-state index in [1.807, 2.05) is 36.4 Å². The lowest BCUT2D eigenvalue weighted by Crippen LogP contribution is -2.40. The maximum Gasteiger partial charge on any atom is 0.315 e. The minimum absolute atomic E-state index is 0.155. The summed E-state index contributed by atoms with van der Waals surface area (Å²) in [5.74, 6) is -0.378. The number of aliphatic hydroxyl groups excluding tert-OH is 1. The first-order valence-electron chi connectivity index (χ1n) is 7.46. The zero-order valence-corrected chi connectivity index (χ0v) is 12.7. The van der Waals surface area contributed by atoms with E-state index in [2.05, 4.69) is 13.2 Å². The molecule has 1 fully saturated rings. The first-order valence-corrected chi connectivity index (χ1v) is 7.46. The van der Waals surface area contributed by atoms with Crippen molar-refractivity contribution in [2.75, 3.05) is 6.61 Å². The van der Waals surface area contributed by atoms with Gasteiger partial charge in [-0.15, -0.1) is 6.58 Å². The Hall–Kier alpha value is -2.13. The largest absolute Gasteiger partial charge is 0.461 e. The zero-order valence-electron chi connectivity index (χ0n) is 12.7. The van der Waals surface area contributed by atoms with Gasteiger partial charge in [-0.2, -0.15) is 0 Å². The van der Waals surface area contributed by atoms with Gasteiger partial charge in [0.25, 0.3) is 0 Å². The van der Waals surface area contributed by atoms with E-state index in [0.29, 0.717) is 19.3 Å². The minimum Gasteiger partial charge on any atom is -0.461 e. The molecule has 0 heterocycles. The maximum absolute atomic E-state index is 12.4. The van der Waals surface area contributed by atoms with E-state index in [9.17, 15) is 9.90 Å². The highest BCUT2D eigenvalue weighted by molar-refractivity contribution is 5.80. The number of ether oxygens (including phenoxy) is 1. The summed E-state index contributed by atoms with van der Waals surface area (Å²) in [6.45, 7) is 7.42. The van der Waals surface area contributed by atoms with Crippen LogP contribution in [0.5, 0.6) is 0 Å². The van der Waals surface area contributed by atoms with Crippen LogP contribution in [0.25, 0.3) is 6.08 Å². The van der Waals surface area contributed by atoms with Crippen LogP contribution in [0.2, 0.25) is 0 Å². The van der Waals surface area contributed by atoms with Crippen molar-refractivity contribution in [3.05, 3.63) is 66.8 Å². The van der Waals surface area contributed by atoms with E-state index in [1.54, 1.807) is 6.08 Å². The second-order valence-electron chi connectivity index (χ2n) is 5.57. The molecule has 1 aliphatic rings. The Balaban J connectivity index is 2.26. The smallest absolute Gasteiger partial charge is 0.315 e. The van der Waals surface area contributed by atoms with Gasteiger partial charge in [0.15, 0.2) is 0 Å². The summed E-state index contributed by atoms with van der Waals surface area (Å²) >= 11 is 0. The molecule has 116 valence electrons. The number of allylic oxidation sites excluding steroid dienone is 1. The molecular weight excluding hydrogens is 276 g/mol. The molecule has 3 nitrogen and oxygen atoms in total. The van der Waals surface area contributed by atoms with Crippen LogP contribution in [-0.2, 0) is 9.53 Å². The molecule has 1 aromatic rings. The molecule has 22 heavy (non-hydrogen) atoms. The molecule has 2 atom stereocenters. The van der Waals surface area contributed by atoms with Crippen molar-refractivity contribution in [1.82, 2.24) is 0 Å². The number of rotatable bonds is 6. The fourth-order valence-electron chi connectivity index (χ4n) is 2.96. The van der Waals surface area contributed by atoms with Gasteiger partial charge in [-0.1, -0.05) is 55.1 Å². The van der Waals surface area contributed by atoms with Crippen LogP contribution >= 0.6 is 0 Å². The Kier molecular flexibility index (Phi) is 5.34. The van der Waals surface area contributed by atoms with Gasteiger partial charge in [0.2, 0.25) is 0 Å². The lowest BCUT2D eigenvalue weighted by molar-refractivity contribution is -0.159. The fourth-order valence-corrected chi connectivity index (χ4v) is 2.96. The van der Waals surface area contributed by atoms with Crippen molar-refractivity contribution < 1.29 is 14.6 Å². The molecule has 0 saturated heterocycles. The van der Waals surface area contributed by atoms with E-state index < -0.39 is 11.5 Å². The normalized spacial score (nSPS) is 25.9. The predicted octanol–water partition coefficient (Wildman–Crippen LogP) is 3.52. The van der Waals surface area contributed by atoms with Crippen LogP contribution < -0.4 is 0 Å². The average molecular weight is 298 g/mol. The maximum atomic E-state index is 12.4. The van der Waals surface area contributed by atoms with E-state index in [4.69, 9.17) is 4.74 Å². The van der Waals surface area contributed by atoms with Crippen LogP contribution in [0.1, 0.15) is 24.8 Å². The lowest BCUT2D eigenvalue weighted by atomic mass is 9.80. The first kappa shape index (κ1) is 16.2. The van der Waals surface area contributed by atoms with E-state index in [0.717, 1.165) is 11.1 Å². The van der Waals surface area contributed by atoms with Gasteiger partial charge in [-0.25, -0.2) is 0 Å². The molecule has 0 aliphatic heterocycles. The standard InChI is InChI=1S/C19H22O3/c1-3-11-19(18(21)22-13-4-2)12-10-16(17(19)20)14-15-8-6-5-7-9-15/h3-9,14,17,20H,1-2,10-13H2. The highest BCUT2D eigenvalue weighted by Crippen LogP contribution is 2.46. The van der Waals surface area contributed by atoms with Gasteiger partial charge in [-0.3, -0.25) is 4.79 Å². The number of esters is 1. The molecule has 2 rings (SSSR count). The van der Waals surface area contributed by atoms with Gasteiger partial charge < -0.3 is 9.84 Å². The second-order valence-corrected chi connectivity index (χ2v) is 5.57. The number of aliphatic hydroxyl groups is 1. The zero-order chi connectivity index (χ0) is 16.0. The summed E-state index contributed by atoms with van der Waals surface area (Å²) in [6, 6.07) is 9.79. The van der Waals surface area contributed by atoms with Gasteiger partial charge in [0.05, 0.1) is 6.10 Å². The fraction of sp³-hybridized carbons (Fsp3) is 0.316. The molecule has 1 N–H and O–H groups in total. The van der Waals surface area contributed by atoms with Gasteiger partial charge in [-0.05, 0) is 30.4 Å². The van der Waals surface area contributed by atoms with Crippen molar-refractivity contribution in [2.24, 2.45) is 5.41 Å². The monoisotopic (exact) mass is 298 g/mol. The molecule has 2 unspecified atom stereocenters. The van der Waals surface area contributed by atoms with Crippen LogP contribution in [-0.4, -0.2) is 23.8 Å². The van der Waals surface area contributed by atoms with E-state index in [1.165, 1.54) is 6.08 Å². The van der Waals surface area contributed by atoms with Gasteiger partial charge >= 0.3 is 5.97 Å². The third-order valence-electron chi connectivity index (χ3n) is 4.13. The molecule has 1 aromatic carbocycles. The highest BCUT2D eigenvalue weighted by atomic mass is 16.5. The predicted molar refractivity (Wildman–Crippen MR) is 88.1 cm³/mol. The SMILES string of the molecule is C=CCOC(=O)C1(CC=C)CCC(=Cc2ccccc2)C1O. The molecule has 0 aromatic heterocycles. The molecule has 0 radical (unpaired) electrons. The number of benzene rings is 1. The van der Waals surface area contributed by atoms with Crippen LogP contribution in [0.3, 0.4) is 0 Å². The summed E-state index contributed by atoms with van der Waals surface area (Å²) in [4.78, 5) is 12.4. The second kappa shape index (κ2) is 7.23. The Morgan fingerprint density at radius 2 is 2.05 bits per heavy atom. The van der Waals surface area contributed by atoms with E-state index in [-0.39, 0.29) is 12.6 Å². The summed E-state index contributed by atoms with van der Waals surface area (Å²) in [7, 11) is 0. The van der Waals surface area contributed by atoms with Crippen molar-refractivity contribution in [2.45, 2.75) is 25.4 Å². The highest BCUT2D eigenvalue weighted by Gasteiger charge is 2.51. The number of carbonyl (C=O) groups is 1. The van der Waals surface area contributed by atoms with Crippen LogP contribution in [0.15, 0.2) is 61.2 Å². The summed E-state index contributed by atoms with van der Waals surface area (Å²) in [5, 5.41) is 10.7. The Bertz CT molecular complexity index is 574. The van der Waals surface area contributed by atoms with Gasteiger partial charge in [0, 0.05) is 0 Å². The van der Waals surface area contributed by atoms with Crippen LogP contribution in [0.4, 0.5) is 0 Å². The van der Waals surface area contributed by atoms with Crippen molar-refractivity contribution in [3.8, 4) is 0 Å².